The van der Waals surface area contributed by atoms with Crippen molar-refractivity contribution in [3.05, 3.63) is 29.0 Å². The number of hydrogen-bond acceptors (Lipinski definition) is 2. The number of rotatable bonds is 4. The molecule has 1 aliphatic rings. The molecule has 0 aromatic carbocycles. The van der Waals surface area contributed by atoms with E-state index in [9.17, 15) is 0 Å². The molecule has 1 aliphatic carbocycles. The molecule has 2 nitrogen and oxygen atoms in total. The summed E-state index contributed by atoms with van der Waals surface area (Å²) in [5, 5.41) is 4.27. The van der Waals surface area contributed by atoms with E-state index in [0.717, 1.165) is 11.4 Å². The number of hydrogen-bond donors (Lipinski definition) is 1. The van der Waals surface area contributed by atoms with Crippen molar-refractivity contribution in [2.45, 2.75) is 45.1 Å². The van der Waals surface area contributed by atoms with E-state index in [2.05, 4.69) is 24.3 Å². The molecule has 94 valence electrons. The van der Waals surface area contributed by atoms with Crippen LogP contribution >= 0.6 is 11.6 Å². The monoisotopic (exact) mass is 252 g/mol. The maximum Gasteiger partial charge on any atom is 0.0621 e. The van der Waals surface area contributed by atoms with Crippen LogP contribution in [0, 0.1) is 5.41 Å². The van der Waals surface area contributed by atoms with E-state index in [4.69, 9.17) is 11.6 Å². The van der Waals surface area contributed by atoms with E-state index in [0.29, 0.717) is 11.5 Å². The molecule has 1 heterocycles. The zero-order valence-electron chi connectivity index (χ0n) is 10.7. The smallest absolute Gasteiger partial charge is 0.0621 e. The van der Waals surface area contributed by atoms with Crippen LogP contribution < -0.4 is 5.32 Å². The maximum atomic E-state index is 6.19. The Balaban J connectivity index is 2.12. The number of halogens is 1. The molecule has 0 spiro atoms. The fourth-order valence-electron chi connectivity index (χ4n) is 3.02. The van der Waals surface area contributed by atoms with Crippen LogP contribution in [-0.4, -0.2) is 18.1 Å². The average Bonchev–Trinajstić information content (AvgIpc) is 2.76. The van der Waals surface area contributed by atoms with Crippen LogP contribution in [0.1, 0.15) is 38.2 Å². The average molecular weight is 253 g/mol. The molecular formula is C14H21ClN2. The van der Waals surface area contributed by atoms with Gasteiger partial charge in [-0.05, 0) is 43.4 Å². The Morgan fingerprint density at radius 2 is 2.18 bits per heavy atom. The minimum absolute atomic E-state index is 0.418. The maximum absolute atomic E-state index is 6.19. The molecule has 0 bridgehead atoms. The molecule has 1 aromatic rings. The van der Waals surface area contributed by atoms with E-state index in [-0.39, 0.29) is 0 Å². The van der Waals surface area contributed by atoms with Crippen LogP contribution in [0.2, 0.25) is 5.02 Å². The zero-order valence-corrected chi connectivity index (χ0v) is 11.4. The van der Waals surface area contributed by atoms with Gasteiger partial charge in [-0.25, -0.2) is 0 Å². The van der Waals surface area contributed by atoms with Gasteiger partial charge in [0, 0.05) is 18.4 Å². The van der Waals surface area contributed by atoms with E-state index in [1.165, 1.54) is 31.2 Å². The number of nitrogens with zero attached hydrogens (tertiary/aromatic N) is 1. The van der Waals surface area contributed by atoms with Crippen LogP contribution in [0.5, 0.6) is 0 Å². The highest BCUT2D eigenvalue weighted by molar-refractivity contribution is 6.31. The lowest BCUT2D eigenvalue weighted by molar-refractivity contribution is 0.229. The van der Waals surface area contributed by atoms with Crippen LogP contribution in [0.25, 0.3) is 0 Å². The first-order chi connectivity index (χ1) is 8.15. The normalized spacial score (nSPS) is 20.4. The quantitative estimate of drug-likeness (QED) is 0.888. The third-order valence-electron chi connectivity index (χ3n) is 4.22. The molecule has 1 N–H and O–H groups in total. The van der Waals surface area contributed by atoms with Gasteiger partial charge in [-0.3, -0.25) is 4.98 Å². The highest BCUT2D eigenvalue weighted by Crippen LogP contribution is 2.41. The molecule has 1 unspecified atom stereocenters. The van der Waals surface area contributed by atoms with Crippen LogP contribution in [0.4, 0.5) is 0 Å². The predicted molar refractivity (Wildman–Crippen MR) is 72.4 cm³/mol. The van der Waals surface area contributed by atoms with Crippen LogP contribution in [0.3, 0.4) is 0 Å². The van der Waals surface area contributed by atoms with Crippen molar-refractivity contribution in [3.63, 3.8) is 0 Å². The second kappa shape index (κ2) is 5.36. The second-order valence-corrected chi connectivity index (χ2v) is 5.78. The van der Waals surface area contributed by atoms with Gasteiger partial charge in [-0.15, -0.1) is 0 Å². The Morgan fingerprint density at radius 1 is 1.47 bits per heavy atom. The van der Waals surface area contributed by atoms with Gasteiger partial charge in [0.1, 0.15) is 0 Å². The highest BCUT2D eigenvalue weighted by Gasteiger charge is 2.36. The zero-order chi connectivity index (χ0) is 12.3. The van der Waals surface area contributed by atoms with Crippen molar-refractivity contribution < 1.29 is 0 Å². The lowest BCUT2D eigenvalue weighted by Crippen LogP contribution is -2.41. The minimum atomic E-state index is 0.418. The van der Waals surface area contributed by atoms with Crippen LogP contribution in [0.15, 0.2) is 18.5 Å². The summed E-state index contributed by atoms with van der Waals surface area (Å²) < 4.78 is 0. The van der Waals surface area contributed by atoms with Crippen molar-refractivity contribution >= 4 is 11.6 Å². The lowest BCUT2D eigenvalue weighted by Gasteiger charge is -2.34. The topological polar surface area (TPSA) is 24.9 Å². The Morgan fingerprint density at radius 3 is 2.76 bits per heavy atom. The fourth-order valence-corrected chi connectivity index (χ4v) is 3.21. The van der Waals surface area contributed by atoms with E-state index in [1.54, 1.807) is 6.20 Å². The molecular weight excluding hydrogens is 232 g/mol. The first-order valence-electron chi connectivity index (χ1n) is 6.41. The highest BCUT2D eigenvalue weighted by atomic mass is 35.5. The van der Waals surface area contributed by atoms with Gasteiger partial charge >= 0.3 is 0 Å². The van der Waals surface area contributed by atoms with Crippen molar-refractivity contribution in [1.29, 1.82) is 0 Å². The lowest BCUT2D eigenvalue weighted by atomic mass is 9.78. The molecule has 1 atom stereocenters. The van der Waals surface area contributed by atoms with Gasteiger partial charge in [-0.1, -0.05) is 31.4 Å². The summed E-state index contributed by atoms with van der Waals surface area (Å²) in [4.78, 5) is 4.04. The summed E-state index contributed by atoms with van der Waals surface area (Å²) in [6.45, 7) is 2.40. The third kappa shape index (κ3) is 2.80. The Hall–Kier alpha value is -0.600. The summed E-state index contributed by atoms with van der Waals surface area (Å²) in [7, 11) is 2.06. The van der Waals surface area contributed by atoms with Crippen LogP contribution in [-0.2, 0) is 6.42 Å². The summed E-state index contributed by atoms with van der Waals surface area (Å²) in [6, 6.07) is 2.54. The minimum Gasteiger partial charge on any atom is -0.316 e. The largest absolute Gasteiger partial charge is 0.316 e. The molecule has 3 heteroatoms. The van der Waals surface area contributed by atoms with Crippen molar-refractivity contribution in [1.82, 2.24) is 10.3 Å². The van der Waals surface area contributed by atoms with E-state index in [1.807, 2.05) is 12.3 Å². The number of pyridine rings is 1. The first-order valence-corrected chi connectivity index (χ1v) is 6.79. The third-order valence-corrected chi connectivity index (χ3v) is 4.56. The summed E-state index contributed by atoms with van der Waals surface area (Å²) in [5.74, 6) is 0. The van der Waals surface area contributed by atoms with Gasteiger partial charge in [0.25, 0.3) is 0 Å². The first kappa shape index (κ1) is 12.8. The summed E-state index contributed by atoms with van der Waals surface area (Å²) in [5.41, 5.74) is 1.62. The Kier molecular flexibility index (Phi) is 4.05. The molecule has 1 fully saturated rings. The van der Waals surface area contributed by atoms with Crippen molar-refractivity contribution in [2.75, 3.05) is 7.05 Å². The molecule has 17 heavy (non-hydrogen) atoms. The molecule has 2 rings (SSSR count). The molecule has 0 aliphatic heterocycles. The van der Waals surface area contributed by atoms with Crippen molar-refractivity contribution in [3.8, 4) is 0 Å². The number of nitrogens with one attached hydrogen (secondary N) is 1. The Bertz CT molecular complexity index is 372. The predicted octanol–water partition coefficient (Wildman–Crippen LogP) is 3.45. The standard InChI is InChI=1S/C14H21ClN2/c1-14(6-3-4-7-14)13(16-2)9-11-5-8-17-10-12(11)15/h5,8,10,13,16H,3-4,6-7,9H2,1-2H3. The molecule has 0 radical (unpaired) electrons. The number of aromatic nitrogens is 1. The van der Waals surface area contributed by atoms with Gasteiger partial charge in [0.15, 0.2) is 0 Å². The van der Waals surface area contributed by atoms with Gasteiger partial charge in [0.05, 0.1) is 5.02 Å². The number of likely N-dealkylation sites (N-methyl/N-ethyl adjacent to an activating group) is 1. The van der Waals surface area contributed by atoms with E-state index < -0.39 is 0 Å². The van der Waals surface area contributed by atoms with Gasteiger partial charge in [0.2, 0.25) is 0 Å². The molecule has 0 amide bonds. The SMILES string of the molecule is CNC(Cc1ccncc1Cl)C1(C)CCCC1. The van der Waals surface area contributed by atoms with Gasteiger partial charge < -0.3 is 5.32 Å². The van der Waals surface area contributed by atoms with Gasteiger partial charge in [-0.2, -0.15) is 0 Å². The summed E-state index contributed by atoms with van der Waals surface area (Å²) in [6.07, 6.45) is 9.92. The van der Waals surface area contributed by atoms with Crippen molar-refractivity contribution in [2.24, 2.45) is 5.41 Å². The molecule has 1 aromatic heterocycles. The Labute approximate surface area is 109 Å². The molecule has 1 saturated carbocycles. The fraction of sp³-hybridized carbons (Fsp3) is 0.643. The molecule has 0 saturated heterocycles. The summed E-state index contributed by atoms with van der Waals surface area (Å²) >= 11 is 6.19. The van der Waals surface area contributed by atoms with E-state index >= 15 is 0 Å². The second-order valence-electron chi connectivity index (χ2n) is 5.37.